The molecule has 0 aliphatic heterocycles. The first-order valence-corrected chi connectivity index (χ1v) is 5.89. The molecule has 2 rings (SSSR count). The van der Waals surface area contributed by atoms with Crippen LogP contribution in [0.3, 0.4) is 0 Å². The number of nitro groups is 1. The number of hydrogen-bond donors (Lipinski definition) is 1. The fourth-order valence-electron chi connectivity index (χ4n) is 1.48. The fraction of sp³-hybridized carbons (Fsp3) is 0.182. The molecule has 1 heterocycles. The number of nitrogens with zero attached hydrogens (tertiary/aromatic N) is 2. The van der Waals surface area contributed by atoms with Gasteiger partial charge in [-0.15, -0.1) is 11.3 Å². The van der Waals surface area contributed by atoms with Crippen molar-refractivity contribution in [3.63, 3.8) is 0 Å². The second-order valence-corrected chi connectivity index (χ2v) is 4.46. The molecule has 0 bridgehead atoms. The third-order valence-electron chi connectivity index (χ3n) is 2.42. The lowest BCUT2D eigenvalue weighted by Gasteiger charge is -2.01. The Hall–Kier alpha value is -1.79. The largest absolute Gasteiger partial charge is 0.325 e. The molecule has 0 aliphatic rings. The monoisotopic (exact) mass is 249 g/mol. The van der Waals surface area contributed by atoms with E-state index in [9.17, 15) is 10.1 Å². The van der Waals surface area contributed by atoms with E-state index in [4.69, 9.17) is 5.73 Å². The molecule has 0 radical (unpaired) electrons. The van der Waals surface area contributed by atoms with Gasteiger partial charge in [-0.05, 0) is 12.5 Å². The Morgan fingerprint density at radius 3 is 2.88 bits per heavy atom. The quantitative estimate of drug-likeness (QED) is 0.669. The van der Waals surface area contributed by atoms with Gasteiger partial charge in [0.2, 0.25) is 0 Å². The fourth-order valence-corrected chi connectivity index (χ4v) is 2.39. The number of thiazole rings is 1. The Labute approximate surface area is 102 Å². The first-order valence-electron chi connectivity index (χ1n) is 5.01. The van der Waals surface area contributed by atoms with E-state index in [0.29, 0.717) is 6.54 Å². The van der Waals surface area contributed by atoms with Gasteiger partial charge in [0.15, 0.2) is 0 Å². The number of aryl methyl sites for hydroxylation is 1. The maximum atomic E-state index is 10.7. The zero-order valence-corrected chi connectivity index (χ0v) is 10.0. The highest BCUT2D eigenvalue weighted by Crippen LogP contribution is 2.29. The Balaban J connectivity index is 2.49. The molecule has 1 aromatic carbocycles. The zero-order chi connectivity index (χ0) is 12.4. The SMILES string of the molecule is Cc1ccc([N+](=O)[O-])cc1-c1nc(CN)cs1. The van der Waals surface area contributed by atoms with Gasteiger partial charge < -0.3 is 5.73 Å². The van der Waals surface area contributed by atoms with Crippen LogP contribution in [0.15, 0.2) is 23.6 Å². The smallest absolute Gasteiger partial charge is 0.270 e. The molecule has 5 nitrogen and oxygen atoms in total. The van der Waals surface area contributed by atoms with E-state index in [1.807, 2.05) is 12.3 Å². The van der Waals surface area contributed by atoms with Crippen molar-refractivity contribution in [3.05, 3.63) is 45.0 Å². The molecular formula is C11H11N3O2S. The number of nitro benzene ring substituents is 1. The molecule has 17 heavy (non-hydrogen) atoms. The summed E-state index contributed by atoms with van der Waals surface area (Å²) in [7, 11) is 0. The molecule has 2 N–H and O–H groups in total. The molecule has 1 aromatic heterocycles. The third kappa shape index (κ3) is 2.32. The molecule has 6 heteroatoms. The average Bonchev–Trinajstić information content (AvgIpc) is 2.77. The van der Waals surface area contributed by atoms with E-state index in [-0.39, 0.29) is 5.69 Å². The van der Waals surface area contributed by atoms with Crippen molar-refractivity contribution in [2.75, 3.05) is 0 Å². The minimum atomic E-state index is -0.402. The van der Waals surface area contributed by atoms with Gasteiger partial charge in [0.05, 0.1) is 10.6 Å². The molecule has 0 saturated heterocycles. The Morgan fingerprint density at radius 2 is 2.29 bits per heavy atom. The van der Waals surface area contributed by atoms with Crippen molar-refractivity contribution in [1.82, 2.24) is 4.98 Å². The molecule has 0 saturated carbocycles. The second-order valence-electron chi connectivity index (χ2n) is 3.60. The summed E-state index contributed by atoms with van der Waals surface area (Å²) >= 11 is 1.45. The normalized spacial score (nSPS) is 10.5. The van der Waals surface area contributed by atoms with Gasteiger partial charge in [-0.2, -0.15) is 0 Å². The van der Waals surface area contributed by atoms with Crippen LogP contribution in [0.5, 0.6) is 0 Å². The molecular weight excluding hydrogens is 238 g/mol. The van der Waals surface area contributed by atoms with Gasteiger partial charge in [0.25, 0.3) is 5.69 Å². The van der Waals surface area contributed by atoms with Crippen LogP contribution in [0.1, 0.15) is 11.3 Å². The van der Waals surface area contributed by atoms with E-state index in [1.54, 1.807) is 12.1 Å². The van der Waals surface area contributed by atoms with Crippen molar-refractivity contribution in [3.8, 4) is 10.6 Å². The van der Waals surface area contributed by atoms with E-state index < -0.39 is 4.92 Å². The first kappa shape index (κ1) is 11.7. The predicted octanol–water partition coefficient (Wildman–Crippen LogP) is 2.49. The highest BCUT2D eigenvalue weighted by atomic mass is 32.1. The van der Waals surface area contributed by atoms with Crippen LogP contribution in [-0.2, 0) is 6.54 Å². The Bertz CT molecular complexity index is 566. The minimum absolute atomic E-state index is 0.0788. The van der Waals surface area contributed by atoms with Gasteiger partial charge in [-0.1, -0.05) is 6.07 Å². The molecule has 0 aliphatic carbocycles. The number of nitrogens with two attached hydrogens (primary N) is 1. The second kappa shape index (κ2) is 4.60. The molecule has 0 unspecified atom stereocenters. The summed E-state index contributed by atoms with van der Waals surface area (Å²) in [6.07, 6.45) is 0. The van der Waals surface area contributed by atoms with E-state index in [2.05, 4.69) is 4.98 Å². The summed E-state index contributed by atoms with van der Waals surface area (Å²) in [5, 5.41) is 13.4. The maximum absolute atomic E-state index is 10.7. The summed E-state index contributed by atoms with van der Waals surface area (Å²) in [4.78, 5) is 14.7. The van der Waals surface area contributed by atoms with E-state index in [0.717, 1.165) is 21.8 Å². The molecule has 2 aromatic rings. The zero-order valence-electron chi connectivity index (χ0n) is 9.21. The van der Waals surface area contributed by atoms with Crippen molar-refractivity contribution < 1.29 is 4.92 Å². The summed E-state index contributed by atoms with van der Waals surface area (Å²) < 4.78 is 0. The molecule has 88 valence electrons. The summed E-state index contributed by atoms with van der Waals surface area (Å²) in [5.41, 5.74) is 8.14. The summed E-state index contributed by atoms with van der Waals surface area (Å²) in [6, 6.07) is 4.78. The predicted molar refractivity (Wildman–Crippen MR) is 66.8 cm³/mol. The Kier molecular flexibility index (Phi) is 3.16. The van der Waals surface area contributed by atoms with Crippen molar-refractivity contribution in [2.24, 2.45) is 5.73 Å². The van der Waals surface area contributed by atoms with Gasteiger partial charge >= 0.3 is 0 Å². The number of non-ortho nitro benzene ring substituents is 1. The molecule has 0 spiro atoms. The van der Waals surface area contributed by atoms with Crippen LogP contribution in [0, 0.1) is 17.0 Å². The van der Waals surface area contributed by atoms with Crippen molar-refractivity contribution in [1.29, 1.82) is 0 Å². The Morgan fingerprint density at radius 1 is 1.53 bits per heavy atom. The minimum Gasteiger partial charge on any atom is -0.325 e. The summed E-state index contributed by atoms with van der Waals surface area (Å²) in [6.45, 7) is 2.28. The number of aromatic nitrogens is 1. The number of benzene rings is 1. The van der Waals surface area contributed by atoms with E-state index >= 15 is 0 Å². The highest BCUT2D eigenvalue weighted by molar-refractivity contribution is 7.13. The van der Waals surface area contributed by atoms with Gasteiger partial charge in [-0.3, -0.25) is 10.1 Å². The molecule has 0 amide bonds. The molecule has 0 atom stereocenters. The van der Waals surface area contributed by atoms with Gasteiger partial charge in [0, 0.05) is 29.6 Å². The number of rotatable bonds is 3. The van der Waals surface area contributed by atoms with Crippen LogP contribution < -0.4 is 5.73 Å². The lowest BCUT2D eigenvalue weighted by molar-refractivity contribution is -0.384. The average molecular weight is 249 g/mol. The van der Waals surface area contributed by atoms with Crippen LogP contribution in [0.25, 0.3) is 10.6 Å². The maximum Gasteiger partial charge on any atom is 0.270 e. The van der Waals surface area contributed by atoms with Crippen LogP contribution in [-0.4, -0.2) is 9.91 Å². The van der Waals surface area contributed by atoms with Crippen LogP contribution >= 0.6 is 11.3 Å². The summed E-state index contributed by atoms with van der Waals surface area (Å²) in [5.74, 6) is 0. The van der Waals surface area contributed by atoms with Crippen molar-refractivity contribution in [2.45, 2.75) is 13.5 Å². The van der Waals surface area contributed by atoms with E-state index in [1.165, 1.54) is 17.4 Å². The first-order chi connectivity index (χ1) is 8.11. The third-order valence-corrected chi connectivity index (χ3v) is 3.35. The van der Waals surface area contributed by atoms with Gasteiger partial charge in [-0.25, -0.2) is 4.98 Å². The molecule has 0 fully saturated rings. The van der Waals surface area contributed by atoms with Crippen molar-refractivity contribution >= 4 is 17.0 Å². The van der Waals surface area contributed by atoms with Gasteiger partial charge in [0.1, 0.15) is 5.01 Å². The topological polar surface area (TPSA) is 82.0 Å². The van der Waals surface area contributed by atoms with Crippen LogP contribution in [0.2, 0.25) is 0 Å². The van der Waals surface area contributed by atoms with Crippen LogP contribution in [0.4, 0.5) is 5.69 Å². The standard InChI is InChI=1S/C11H11N3O2S/c1-7-2-3-9(14(15)16)4-10(7)11-13-8(5-12)6-17-11/h2-4,6H,5,12H2,1H3. The lowest BCUT2D eigenvalue weighted by atomic mass is 10.1. The number of hydrogen-bond acceptors (Lipinski definition) is 5. The lowest BCUT2D eigenvalue weighted by Crippen LogP contribution is -1.96. The highest BCUT2D eigenvalue weighted by Gasteiger charge is 2.12.